The van der Waals surface area contributed by atoms with Crippen molar-refractivity contribution in [2.75, 3.05) is 6.61 Å². The van der Waals surface area contributed by atoms with Crippen molar-refractivity contribution in [1.82, 2.24) is 0 Å². The molecule has 0 unspecified atom stereocenters. The topological polar surface area (TPSA) is 47.7 Å². The lowest BCUT2D eigenvalue weighted by Crippen LogP contribution is -2.13. The highest BCUT2D eigenvalue weighted by Gasteiger charge is 2.05. The quantitative estimate of drug-likeness (QED) is 0.571. The van der Waals surface area contributed by atoms with Gasteiger partial charge in [-0.2, -0.15) is 0 Å². The summed E-state index contributed by atoms with van der Waals surface area (Å²) in [5, 5.41) is 0. The van der Waals surface area contributed by atoms with Crippen molar-refractivity contribution < 1.29 is 14.3 Å². The average molecular weight is 217 g/mol. The van der Waals surface area contributed by atoms with Crippen molar-refractivity contribution >= 4 is 17.4 Å². The highest BCUT2D eigenvalue weighted by Crippen LogP contribution is 2.12. The second-order valence-electron chi connectivity index (χ2n) is 3.27. The first kappa shape index (κ1) is 11.9. The molecule has 0 amide bonds. The molecule has 82 valence electrons. The van der Waals surface area contributed by atoms with E-state index in [1.165, 1.54) is 6.92 Å². The summed E-state index contributed by atoms with van der Waals surface area (Å²) in [4.78, 5) is 25.1. The van der Waals surface area contributed by atoms with Gasteiger partial charge in [0.15, 0.2) is 11.5 Å². The van der Waals surface area contributed by atoms with Crippen molar-refractivity contribution in [3.05, 3.63) is 41.2 Å². The minimum absolute atomic E-state index is 0.161. The van der Waals surface area contributed by atoms with Crippen LogP contribution in [0.15, 0.2) is 24.3 Å². The zero-order chi connectivity index (χ0) is 12.0. The van der Waals surface area contributed by atoms with Gasteiger partial charge >= 0.3 is 5.97 Å². The molecule has 1 aromatic carbocycles. The highest BCUT2D eigenvalue weighted by molar-refractivity contribution is 5.84. The minimum Gasteiger partial charge on any atom is -0.458 e. The monoisotopic (exact) mass is 217 g/mol. The predicted octanol–water partition coefficient (Wildman–Crippen LogP) is 1.91. The Hall–Kier alpha value is -2.15. The molecule has 0 atom stereocenters. The van der Waals surface area contributed by atoms with Crippen LogP contribution in [0.5, 0.6) is 0 Å². The molecule has 0 N–H and O–H groups in total. The molecule has 0 heterocycles. The van der Waals surface area contributed by atoms with Gasteiger partial charge in [0.05, 0.1) is 6.57 Å². The zero-order valence-electron chi connectivity index (χ0n) is 8.90. The van der Waals surface area contributed by atoms with Crippen LogP contribution in [0.25, 0.3) is 4.85 Å². The third-order valence-corrected chi connectivity index (χ3v) is 1.90. The van der Waals surface area contributed by atoms with Crippen LogP contribution in [0.3, 0.4) is 0 Å². The molecule has 0 fully saturated rings. The van der Waals surface area contributed by atoms with Crippen molar-refractivity contribution in [3.8, 4) is 0 Å². The molecule has 0 saturated heterocycles. The summed E-state index contributed by atoms with van der Waals surface area (Å²) in [5.41, 5.74) is 1.35. The Morgan fingerprint density at radius 1 is 1.31 bits per heavy atom. The van der Waals surface area contributed by atoms with Gasteiger partial charge < -0.3 is 4.74 Å². The molecule has 0 aliphatic carbocycles. The number of ether oxygens (including phenoxy) is 1. The Labute approximate surface area is 93.7 Å². The van der Waals surface area contributed by atoms with Crippen LogP contribution < -0.4 is 0 Å². The third kappa shape index (κ3) is 3.93. The van der Waals surface area contributed by atoms with Gasteiger partial charge in [-0.1, -0.05) is 24.3 Å². The third-order valence-electron chi connectivity index (χ3n) is 1.90. The van der Waals surface area contributed by atoms with Gasteiger partial charge in [0.2, 0.25) is 0 Å². The molecule has 0 bridgehead atoms. The first-order valence-electron chi connectivity index (χ1n) is 4.73. The van der Waals surface area contributed by atoms with E-state index in [-0.39, 0.29) is 18.8 Å². The fraction of sp³-hybridized carbons (Fsp3) is 0.250. The van der Waals surface area contributed by atoms with E-state index < -0.39 is 5.97 Å². The van der Waals surface area contributed by atoms with E-state index in [2.05, 4.69) is 9.58 Å². The molecule has 0 aliphatic heterocycles. The largest absolute Gasteiger partial charge is 0.458 e. The molecule has 0 radical (unpaired) electrons. The Bertz CT molecular complexity index is 429. The zero-order valence-corrected chi connectivity index (χ0v) is 8.90. The highest BCUT2D eigenvalue weighted by atomic mass is 16.5. The smallest absolute Gasteiger partial charge is 0.303 e. The summed E-state index contributed by atoms with van der Waals surface area (Å²) in [6, 6.07) is 6.75. The minimum atomic E-state index is -0.461. The number of benzene rings is 1. The first-order chi connectivity index (χ1) is 7.61. The molecular weight excluding hydrogens is 206 g/mol. The van der Waals surface area contributed by atoms with E-state index in [9.17, 15) is 9.59 Å². The second-order valence-corrected chi connectivity index (χ2v) is 3.27. The summed E-state index contributed by atoms with van der Waals surface area (Å²) in [6.45, 7) is 7.84. The van der Waals surface area contributed by atoms with Crippen LogP contribution in [0.2, 0.25) is 0 Å². The van der Waals surface area contributed by atoms with Gasteiger partial charge in [-0.3, -0.25) is 9.59 Å². The molecule has 0 aliphatic rings. The van der Waals surface area contributed by atoms with Gasteiger partial charge in [-0.15, -0.1) is 0 Å². The molecule has 4 nitrogen and oxygen atoms in total. The molecule has 16 heavy (non-hydrogen) atoms. The number of hydrogen-bond donors (Lipinski definition) is 0. The summed E-state index contributed by atoms with van der Waals surface area (Å²) in [7, 11) is 0. The van der Waals surface area contributed by atoms with Gasteiger partial charge in [0.1, 0.15) is 6.61 Å². The number of carbonyl (C=O) groups excluding carboxylic acids is 2. The number of hydrogen-bond acceptors (Lipinski definition) is 3. The Morgan fingerprint density at radius 3 is 2.44 bits per heavy atom. The van der Waals surface area contributed by atoms with Crippen LogP contribution in [0, 0.1) is 6.57 Å². The van der Waals surface area contributed by atoms with E-state index in [4.69, 9.17) is 6.57 Å². The van der Waals surface area contributed by atoms with Gasteiger partial charge in [0, 0.05) is 13.3 Å². The standard InChI is InChI=1S/C12H11NO3/c1-9(14)16-8-12(15)7-10-3-5-11(13-2)6-4-10/h3-6H,7-8H2,1H3. The number of carbonyl (C=O) groups is 2. The second kappa shape index (κ2) is 5.66. The van der Waals surface area contributed by atoms with Crippen LogP contribution in [0.4, 0.5) is 5.69 Å². The SMILES string of the molecule is [C-]#[N+]c1ccc(CC(=O)COC(C)=O)cc1. The van der Waals surface area contributed by atoms with Crippen molar-refractivity contribution in [2.45, 2.75) is 13.3 Å². The van der Waals surface area contributed by atoms with Crippen molar-refractivity contribution in [1.29, 1.82) is 0 Å². The summed E-state index contributed by atoms with van der Waals surface area (Å²) in [5.74, 6) is -0.623. The normalized spacial score (nSPS) is 9.25. The Balaban J connectivity index is 2.50. The molecule has 4 heteroatoms. The number of nitrogens with zero attached hydrogens (tertiary/aromatic N) is 1. The number of rotatable bonds is 4. The maximum Gasteiger partial charge on any atom is 0.303 e. The average Bonchev–Trinajstić information content (AvgIpc) is 2.27. The predicted molar refractivity (Wildman–Crippen MR) is 58.0 cm³/mol. The molecule has 1 rings (SSSR count). The summed E-state index contributed by atoms with van der Waals surface area (Å²) < 4.78 is 4.58. The first-order valence-corrected chi connectivity index (χ1v) is 4.73. The van der Waals surface area contributed by atoms with E-state index in [0.717, 1.165) is 5.56 Å². The van der Waals surface area contributed by atoms with E-state index in [1.807, 2.05) is 0 Å². The number of Topliss-reactive ketones (excluding diaryl/α,β-unsaturated/α-hetero) is 1. The fourth-order valence-electron chi connectivity index (χ4n) is 1.15. The van der Waals surface area contributed by atoms with Gasteiger partial charge in [0.25, 0.3) is 0 Å². The lowest BCUT2D eigenvalue weighted by molar-refractivity contribution is -0.145. The number of esters is 1. The fourth-order valence-corrected chi connectivity index (χ4v) is 1.15. The Kier molecular flexibility index (Phi) is 4.22. The summed E-state index contributed by atoms with van der Waals surface area (Å²) >= 11 is 0. The van der Waals surface area contributed by atoms with Crippen LogP contribution in [0.1, 0.15) is 12.5 Å². The molecular formula is C12H11NO3. The molecule has 1 aromatic rings. The molecule has 0 spiro atoms. The van der Waals surface area contributed by atoms with Crippen LogP contribution in [-0.4, -0.2) is 18.4 Å². The van der Waals surface area contributed by atoms with Gasteiger partial charge in [-0.05, 0) is 5.56 Å². The van der Waals surface area contributed by atoms with E-state index in [1.54, 1.807) is 24.3 Å². The number of ketones is 1. The van der Waals surface area contributed by atoms with Crippen LogP contribution in [-0.2, 0) is 20.7 Å². The van der Waals surface area contributed by atoms with Gasteiger partial charge in [-0.25, -0.2) is 4.85 Å². The van der Waals surface area contributed by atoms with Crippen LogP contribution >= 0.6 is 0 Å². The van der Waals surface area contributed by atoms with E-state index in [0.29, 0.717) is 5.69 Å². The lowest BCUT2D eigenvalue weighted by atomic mass is 10.1. The van der Waals surface area contributed by atoms with Crippen molar-refractivity contribution in [2.24, 2.45) is 0 Å². The van der Waals surface area contributed by atoms with E-state index >= 15 is 0 Å². The maximum absolute atomic E-state index is 11.3. The maximum atomic E-state index is 11.3. The lowest BCUT2D eigenvalue weighted by Gasteiger charge is -2.01. The Morgan fingerprint density at radius 2 is 1.94 bits per heavy atom. The molecule has 0 aromatic heterocycles. The molecule has 0 saturated carbocycles. The van der Waals surface area contributed by atoms with Crippen molar-refractivity contribution in [3.63, 3.8) is 0 Å². The summed E-state index contributed by atoms with van der Waals surface area (Å²) in [6.07, 6.45) is 0.214.